The van der Waals surface area contributed by atoms with E-state index in [-0.39, 0.29) is 5.75 Å². The molecule has 0 unspecified atom stereocenters. The highest BCUT2D eigenvalue weighted by molar-refractivity contribution is 5.83. The maximum Gasteiger partial charge on any atom is 0.184 e. The minimum absolute atomic E-state index is 0.239. The lowest BCUT2D eigenvalue weighted by molar-refractivity contribution is -0.286. The van der Waals surface area contributed by atoms with Crippen molar-refractivity contribution in [1.82, 2.24) is 4.98 Å². The van der Waals surface area contributed by atoms with Crippen LogP contribution in [0.5, 0.6) is 5.75 Å². The molecule has 6 N–H and O–H groups in total. The zero-order chi connectivity index (χ0) is 17.0. The number of benzene rings is 1. The van der Waals surface area contributed by atoms with Gasteiger partial charge < -0.3 is 35.4 Å². The van der Waals surface area contributed by atoms with Crippen LogP contribution in [0.15, 0.2) is 36.5 Å². The zero-order valence-electron chi connectivity index (χ0n) is 12.1. The molecule has 0 spiro atoms. The normalized spacial score (nSPS) is 30.6. The topological polar surface area (TPSA) is 144 Å². The molecule has 1 aliphatic rings. The van der Waals surface area contributed by atoms with Gasteiger partial charge in [0.25, 0.3) is 0 Å². The number of hydrogen-bond donors (Lipinski definition) is 6. The smallest absolute Gasteiger partial charge is 0.184 e. The van der Waals surface area contributed by atoms with Crippen molar-refractivity contribution in [3.05, 3.63) is 36.5 Å². The molecular weight excluding hydrogens is 306 g/mol. The molecule has 2 heterocycles. The van der Waals surface area contributed by atoms with Crippen molar-refractivity contribution >= 4 is 10.9 Å². The van der Waals surface area contributed by atoms with Gasteiger partial charge in [0.2, 0.25) is 0 Å². The maximum atomic E-state index is 9.31. The number of nitrogens with zero attached hydrogens (tertiary/aromatic N) is 1. The first-order chi connectivity index (χ1) is 11.0. The maximum absolute atomic E-state index is 9.31. The second kappa shape index (κ2) is 7.64. The fourth-order valence-corrected chi connectivity index (χ4v) is 2.17. The van der Waals surface area contributed by atoms with E-state index in [2.05, 4.69) is 9.72 Å². The number of aromatic nitrogens is 1. The lowest BCUT2D eigenvalue weighted by Crippen LogP contribution is -2.58. The molecule has 2 aromatic rings. The fraction of sp³-hybridized carbons (Fsp3) is 0.400. The zero-order valence-corrected chi connectivity index (χ0v) is 12.1. The third-order valence-corrected chi connectivity index (χ3v) is 3.48. The summed E-state index contributed by atoms with van der Waals surface area (Å²) < 4.78 is 4.58. The number of rotatable bonds is 1. The van der Waals surface area contributed by atoms with Crippen LogP contribution >= 0.6 is 0 Å². The molecule has 8 nitrogen and oxygen atoms in total. The highest BCUT2D eigenvalue weighted by Crippen LogP contribution is 2.20. The summed E-state index contributed by atoms with van der Waals surface area (Å²) in [7, 11) is 0. The van der Waals surface area contributed by atoms with Crippen molar-refractivity contribution in [2.24, 2.45) is 0 Å². The minimum atomic E-state index is -1.57. The number of aromatic hydroxyl groups is 1. The quantitative estimate of drug-likeness (QED) is 0.380. The van der Waals surface area contributed by atoms with E-state index in [1.165, 1.54) is 0 Å². The number of aliphatic hydroxyl groups excluding tert-OH is 5. The fourth-order valence-electron chi connectivity index (χ4n) is 2.17. The van der Waals surface area contributed by atoms with Crippen molar-refractivity contribution in [1.29, 1.82) is 0 Å². The molecule has 8 heteroatoms. The van der Waals surface area contributed by atoms with Gasteiger partial charge in [-0.1, -0.05) is 18.2 Å². The third-order valence-electron chi connectivity index (χ3n) is 3.48. The number of hydrogen-bond acceptors (Lipinski definition) is 8. The van der Waals surface area contributed by atoms with Crippen LogP contribution in [0, 0.1) is 0 Å². The predicted octanol–water partition coefficient (Wildman–Crippen LogP) is -1.28. The first-order valence-corrected chi connectivity index (χ1v) is 6.97. The standard InChI is InChI=1S/C9H7NO.C6H12O6/c11-8-5-1-3-7-4-2-6-10-9(7)8;7-1-2-3(8)4(9)5(10)6(11)12-2/h1-6,11H;2-11H,1H2/t;2-,3-,4+,5-,6-/m.1/s1. The van der Waals surface area contributed by atoms with Crippen molar-refractivity contribution in [3.63, 3.8) is 0 Å². The van der Waals surface area contributed by atoms with Gasteiger partial charge in [0.15, 0.2) is 6.29 Å². The average Bonchev–Trinajstić information content (AvgIpc) is 2.57. The Morgan fingerprint density at radius 2 is 1.65 bits per heavy atom. The van der Waals surface area contributed by atoms with E-state index in [4.69, 9.17) is 25.5 Å². The Bertz CT molecular complexity index is 628. The lowest BCUT2D eigenvalue weighted by Gasteiger charge is -2.37. The summed E-state index contributed by atoms with van der Waals surface area (Å²) in [5, 5.41) is 54.9. The Morgan fingerprint density at radius 1 is 0.957 bits per heavy atom. The number of ether oxygens (including phenoxy) is 1. The minimum Gasteiger partial charge on any atom is -0.506 e. The van der Waals surface area contributed by atoms with E-state index >= 15 is 0 Å². The Labute approximate surface area is 131 Å². The van der Waals surface area contributed by atoms with E-state index in [1.807, 2.05) is 18.2 Å². The van der Waals surface area contributed by atoms with Gasteiger partial charge in [0, 0.05) is 11.6 Å². The second-order valence-corrected chi connectivity index (χ2v) is 5.07. The number of fused-ring (bicyclic) bond motifs is 1. The van der Waals surface area contributed by atoms with Crippen LogP contribution < -0.4 is 0 Å². The number of phenols is 1. The van der Waals surface area contributed by atoms with Gasteiger partial charge in [-0.3, -0.25) is 4.98 Å². The van der Waals surface area contributed by atoms with E-state index in [0.29, 0.717) is 5.52 Å². The molecule has 23 heavy (non-hydrogen) atoms. The van der Waals surface area contributed by atoms with Gasteiger partial charge in [0.1, 0.15) is 35.7 Å². The van der Waals surface area contributed by atoms with Crippen molar-refractivity contribution in [2.75, 3.05) is 6.61 Å². The molecule has 1 fully saturated rings. The van der Waals surface area contributed by atoms with Crippen molar-refractivity contribution in [2.45, 2.75) is 30.7 Å². The predicted molar refractivity (Wildman–Crippen MR) is 79.4 cm³/mol. The van der Waals surface area contributed by atoms with Gasteiger partial charge in [-0.05, 0) is 12.1 Å². The Morgan fingerprint density at radius 3 is 2.30 bits per heavy atom. The largest absolute Gasteiger partial charge is 0.506 e. The first kappa shape index (κ1) is 17.5. The molecule has 3 rings (SSSR count). The van der Waals surface area contributed by atoms with Crippen LogP contribution in [0.25, 0.3) is 10.9 Å². The summed E-state index contributed by atoms with van der Waals surface area (Å²) in [6.07, 6.45) is -5.37. The molecule has 0 bridgehead atoms. The summed E-state index contributed by atoms with van der Waals surface area (Å²) in [4.78, 5) is 4.03. The molecule has 5 atom stereocenters. The number of para-hydroxylation sites is 1. The SMILES string of the molecule is OC[C@H]1O[C@@H](O)[C@H](O)[C@@H](O)[C@@H]1O.Oc1cccc2cccnc12. The summed E-state index contributed by atoms with van der Waals surface area (Å²) in [6.45, 7) is -0.526. The highest BCUT2D eigenvalue weighted by atomic mass is 16.6. The second-order valence-electron chi connectivity index (χ2n) is 5.07. The van der Waals surface area contributed by atoms with E-state index < -0.39 is 37.3 Å². The summed E-state index contributed by atoms with van der Waals surface area (Å²) in [5.74, 6) is 0.239. The van der Waals surface area contributed by atoms with E-state index in [0.717, 1.165) is 5.39 Å². The van der Waals surface area contributed by atoms with Crippen LogP contribution in [0.3, 0.4) is 0 Å². The molecule has 1 saturated heterocycles. The summed E-state index contributed by atoms with van der Waals surface area (Å²) >= 11 is 0. The van der Waals surface area contributed by atoms with Gasteiger partial charge in [-0.15, -0.1) is 0 Å². The molecule has 1 aromatic heterocycles. The summed E-state index contributed by atoms with van der Waals surface area (Å²) in [6, 6.07) is 9.13. The highest BCUT2D eigenvalue weighted by Gasteiger charge is 2.42. The molecular formula is C15H19NO7. The third kappa shape index (κ3) is 3.94. The van der Waals surface area contributed by atoms with Gasteiger partial charge in [0.05, 0.1) is 6.61 Å². The molecule has 0 saturated carbocycles. The van der Waals surface area contributed by atoms with Gasteiger partial charge in [-0.2, -0.15) is 0 Å². The number of pyridine rings is 1. The Balaban J connectivity index is 0.000000167. The first-order valence-electron chi connectivity index (χ1n) is 6.97. The number of aliphatic hydroxyl groups is 5. The molecule has 0 radical (unpaired) electrons. The molecule has 1 aliphatic heterocycles. The Hall–Kier alpha value is -1.81. The van der Waals surface area contributed by atoms with Crippen molar-refractivity contribution < 1.29 is 35.4 Å². The van der Waals surface area contributed by atoms with Gasteiger partial charge >= 0.3 is 0 Å². The van der Waals surface area contributed by atoms with Crippen LogP contribution in [0.2, 0.25) is 0 Å². The molecule has 0 amide bonds. The van der Waals surface area contributed by atoms with E-state index in [9.17, 15) is 5.11 Å². The monoisotopic (exact) mass is 325 g/mol. The van der Waals surface area contributed by atoms with E-state index in [1.54, 1.807) is 18.3 Å². The van der Waals surface area contributed by atoms with Crippen LogP contribution in [0.4, 0.5) is 0 Å². The Kier molecular flexibility index (Phi) is 5.83. The van der Waals surface area contributed by atoms with Crippen LogP contribution in [0.1, 0.15) is 0 Å². The van der Waals surface area contributed by atoms with Crippen molar-refractivity contribution in [3.8, 4) is 5.75 Å². The molecule has 0 aliphatic carbocycles. The lowest BCUT2D eigenvalue weighted by atomic mass is 10.00. The molecule has 1 aromatic carbocycles. The average molecular weight is 325 g/mol. The molecule has 126 valence electrons. The summed E-state index contributed by atoms with van der Waals surface area (Å²) in [5.41, 5.74) is 0.662. The number of phenolic OH excluding ortho intramolecular Hbond substituents is 1. The van der Waals surface area contributed by atoms with Crippen LogP contribution in [-0.2, 0) is 4.74 Å². The van der Waals surface area contributed by atoms with Crippen LogP contribution in [-0.4, -0.2) is 72.9 Å². The van der Waals surface area contributed by atoms with Gasteiger partial charge in [-0.25, -0.2) is 0 Å².